The Labute approximate surface area is 215 Å². The lowest BCUT2D eigenvalue weighted by Crippen LogP contribution is -2.49. The number of rotatable bonds is 12. The van der Waals surface area contributed by atoms with Crippen LogP contribution in [0.4, 0.5) is 18.9 Å². The number of amides is 2. The number of methoxy groups -OCH3 is 1. The maximum absolute atomic E-state index is 13.0. The highest BCUT2D eigenvalue weighted by Crippen LogP contribution is 2.27. The fraction of sp³-hybridized carbons (Fsp3) is 0.481. The molecule has 3 N–H and O–H groups in total. The van der Waals surface area contributed by atoms with Crippen LogP contribution >= 0.6 is 0 Å². The van der Waals surface area contributed by atoms with Gasteiger partial charge in [0.05, 0.1) is 13.5 Å². The van der Waals surface area contributed by atoms with E-state index in [-0.39, 0.29) is 30.5 Å². The number of ether oxygens (including phenoxy) is 2. The van der Waals surface area contributed by atoms with Crippen molar-refractivity contribution in [1.29, 1.82) is 0 Å². The van der Waals surface area contributed by atoms with Gasteiger partial charge in [0, 0.05) is 18.8 Å². The molecule has 2 aromatic rings. The molecule has 1 saturated carbocycles. The molecule has 0 saturated heterocycles. The van der Waals surface area contributed by atoms with Gasteiger partial charge in [0.2, 0.25) is 11.8 Å². The van der Waals surface area contributed by atoms with Gasteiger partial charge in [-0.15, -0.1) is 13.2 Å². The van der Waals surface area contributed by atoms with Gasteiger partial charge >= 0.3 is 6.36 Å². The Morgan fingerprint density at radius 1 is 0.946 bits per heavy atom. The fourth-order valence-corrected chi connectivity index (χ4v) is 4.45. The van der Waals surface area contributed by atoms with Crippen molar-refractivity contribution in [2.24, 2.45) is 5.92 Å². The minimum Gasteiger partial charge on any atom is -0.497 e. The lowest BCUT2D eigenvalue weighted by Gasteiger charge is -2.26. The van der Waals surface area contributed by atoms with Gasteiger partial charge in [-0.2, -0.15) is 0 Å². The van der Waals surface area contributed by atoms with E-state index in [0.717, 1.165) is 31.2 Å². The topological polar surface area (TPSA) is 88.7 Å². The summed E-state index contributed by atoms with van der Waals surface area (Å²) < 4.78 is 45.9. The molecule has 0 bridgehead atoms. The second kappa shape index (κ2) is 13.8. The van der Waals surface area contributed by atoms with Gasteiger partial charge in [-0.05, 0) is 54.3 Å². The van der Waals surface area contributed by atoms with E-state index in [4.69, 9.17) is 4.74 Å². The van der Waals surface area contributed by atoms with Crippen molar-refractivity contribution in [2.75, 3.05) is 25.5 Å². The smallest absolute Gasteiger partial charge is 0.497 e. The molecular weight excluding hydrogens is 487 g/mol. The Kier molecular flexibility index (Phi) is 10.5. The van der Waals surface area contributed by atoms with Crippen molar-refractivity contribution < 1.29 is 32.2 Å². The van der Waals surface area contributed by atoms with Gasteiger partial charge in [0.1, 0.15) is 17.5 Å². The van der Waals surface area contributed by atoms with Crippen molar-refractivity contribution in [2.45, 2.75) is 57.3 Å². The minimum atomic E-state index is -4.74. The van der Waals surface area contributed by atoms with Crippen molar-refractivity contribution in [3.05, 3.63) is 54.1 Å². The normalized spacial score (nSPS) is 14.9. The number of hydrogen-bond donors (Lipinski definition) is 3. The highest BCUT2D eigenvalue weighted by Gasteiger charge is 2.31. The highest BCUT2D eigenvalue weighted by atomic mass is 19.4. The molecule has 1 aliphatic rings. The summed E-state index contributed by atoms with van der Waals surface area (Å²) in [7, 11) is 1.58. The SMILES string of the molecule is COc1ccc(CC(=O)NC(CC2CCCCC2)C(=O)NCCNc2ccc(OC(F)(F)F)cc2)cc1. The number of alkyl halides is 3. The summed E-state index contributed by atoms with van der Waals surface area (Å²) in [6.07, 6.45) is 1.58. The van der Waals surface area contributed by atoms with Crippen molar-refractivity contribution in [3.8, 4) is 11.5 Å². The average molecular weight is 522 g/mol. The summed E-state index contributed by atoms with van der Waals surface area (Å²) in [6.45, 7) is 0.649. The number of carbonyl (C=O) groups excluding carboxylic acids is 2. The number of carbonyl (C=O) groups is 2. The first-order chi connectivity index (χ1) is 17.7. The number of benzene rings is 2. The molecule has 202 valence electrons. The third-order valence-corrected chi connectivity index (χ3v) is 6.31. The van der Waals surface area contributed by atoms with Crippen molar-refractivity contribution >= 4 is 17.5 Å². The third kappa shape index (κ3) is 10.2. The quantitative estimate of drug-likeness (QED) is 0.349. The molecule has 10 heteroatoms. The third-order valence-electron chi connectivity index (χ3n) is 6.31. The maximum Gasteiger partial charge on any atom is 0.573 e. The van der Waals surface area contributed by atoms with Crippen LogP contribution in [-0.4, -0.2) is 44.4 Å². The van der Waals surface area contributed by atoms with Crippen LogP contribution in [0.3, 0.4) is 0 Å². The van der Waals surface area contributed by atoms with E-state index in [2.05, 4.69) is 20.7 Å². The minimum absolute atomic E-state index is 0.161. The molecule has 1 atom stereocenters. The molecule has 0 spiro atoms. The van der Waals surface area contributed by atoms with Gasteiger partial charge in [0.15, 0.2) is 0 Å². The van der Waals surface area contributed by atoms with Crippen LogP contribution in [0, 0.1) is 5.92 Å². The summed E-state index contributed by atoms with van der Waals surface area (Å²) in [5.74, 6) is 0.325. The first-order valence-electron chi connectivity index (χ1n) is 12.5. The zero-order chi connectivity index (χ0) is 26.7. The second-order valence-electron chi connectivity index (χ2n) is 9.17. The Bertz CT molecular complexity index is 991. The molecular formula is C27H34F3N3O4. The number of nitrogens with one attached hydrogen (secondary N) is 3. The number of hydrogen-bond acceptors (Lipinski definition) is 5. The van der Waals surface area contributed by atoms with Crippen LogP contribution in [0.25, 0.3) is 0 Å². The molecule has 0 heterocycles. The molecule has 0 aliphatic heterocycles. The van der Waals surface area contributed by atoms with Gasteiger partial charge < -0.3 is 25.4 Å². The lowest BCUT2D eigenvalue weighted by atomic mass is 9.84. The summed E-state index contributed by atoms with van der Waals surface area (Å²) >= 11 is 0. The number of halogens is 3. The van der Waals surface area contributed by atoms with Crippen LogP contribution in [0.15, 0.2) is 48.5 Å². The van der Waals surface area contributed by atoms with Crippen molar-refractivity contribution in [1.82, 2.24) is 10.6 Å². The van der Waals surface area contributed by atoms with E-state index in [1.54, 1.807) is 19.2 Å². The van der Waals surface area contributed by atoms with Crippen LogP contribution in [-0.2, 0) is 16.0 Å². The van der Waals surface area contributed by atoms with Gasteiger partial charge in [-0.3, -0.25) is 9.59 Å². The monoisotopic (exact) mass is 521 g/mol. The fourth-order valence-electron chi connectivity index (χ4n) is 4.45. The Hall–Kier alpha value is -3.43. The Morgan fingerprint density at radius 3 is 2.22 bits per heavy atom. The molecule has 1 unspecified atom stereocenters. The molecule has 1 aliphatic carbocycles. The standard InChI is InChI=1S/C27H34F3N3O4/c1-36-22-11-7-20(8-12-22)18-25(34)33-24(17-19-5-3-2-4-6-19)26(35)32-16-15-31-21-9-13-23(14-10-21)37-27(28,29)30/h7-14,19,24,31H,2-6,15-18H2,1H3,(H,32,35)(H,33,34). The van der Waals surface area contributed by atoms with E-state index >= 15 is 0 Å². The molecule has 1 fully saturated rings. The zero-order valence-corrected chi connectivity index (χ0v) is 20.9. The molecule has 3 rings (SSSR count). The predicted octanol–water partition coefficient (Wildman–Crippen LogP) is 4.82. The van der Waals surface area contributed by atoms with Crippen LogP contribution in [0.5, 0.6) is 11.5 Å². The van der Waals surface area contributed by atoms with E-state index in [0.29, 0.717) is 30.3 Å². The van der Waals surface area contributed by atoms with Gasteiger partial charge in [0.25, 0.3) is 0 Å². The van der Waals surface area contributed by atoms with E-state index in [1.165, 1.54) is 30.7 Å². The van der Waals surface area contributed by atoms with Crippen LogP contribution in [0.1, 0.15) is 44.1 Å². The highest BCUT2D eigenvalue weighted by molar-refractivity contribution is 5.88. The summed E-state index contributed by atoms with van der Waals surface area (Å²) in [5, 5.41) is 8.82. The Morgan fingerprint density at radius 2 is 1.59 bits per heavy atom. The Balaban J connectivity index is 1.49. The lowest BCUT2D eigenvalue weighted by molar-refractivity contribution is -0.274. The first-order valence-corrected chi connectivity index (χ1v) is 12.5. The molecule has 0 radical (unpaired) electrons. The number of anilines is 1. The van der Waals surface area contributed by atoms with Gasteiger partial charge in [-0.1, -0.05) is 44.2 Å². The molecule has 0 aromatic heterocycles. The van der Waals surface area contributed by atoms with Crippen molar-refractivity contribution in [3.63, 3.8) is 0 Å². The predicted molar refractivity (Wildman–Crippen MR) is 134 cm³/mol. The summed E-state index contributed by atoms with van der Waals surface area (Å²) in [6, 6.07) is 12.0. The molecule has 7 nitrogen and oxygen atoms in total. The maximum atomic E-state index is 13.0. The van der Waals surface area contributed by atoms with Crippen LogP contribution < -0.4 is 25.4 Å². The molecule has 2 aromatic carbocycles. The summed E-state index contributed by atoms with van der Waals surface area (Å²) in [4.78, 5) is 25.7. The molecule has 37 heavy (non-hydrogen) atoms. The average Bonchev–Trinajstić information content (AvgIpc) is 2.87. The molecule has 2 amide bonds. The zero-order valence-electron chi connectivity index (χ0n) is 20.9. The van der Waals surface area contributed by atoms with Gasteiger partial charge in [-0.25, -0.2) is 0 Å². The van der Waals surface area contributed by atoms with E-state index < -0.39 is 12.4 Å². The largest absolute Gasteiger partial charge is 0.573 e. The second-order valence-corrected chi connectivity index (χ2v) is 9.17. The van der Waals surface area contributed by atoms with Crippen LogP contribution in [0.2, 0.25) is 0 Å². The summed E-state index contributed by atoms with van der Waals surface area (Å²) in [5.41, 5.74) is 1.42. The first kappa shape index (κ1) is 28.1. The van der Waals surface area contributed by atoms with E-state index in [9.17, 15) is 22.8 Å². The van der Waals surface area contributed by atoms with E-state index in [1.807, 2.05) is 12.1 Å².